The van der Waals surface area contributed by atoms with Crippen molar-refractivity contribution in [2.45, 2.75) is 24.8 Å². The van der Waals surface area contributed by atoms with Crippen molar-refractivity contribution >= 4 is 5.97 Å². The lowest BCUT2D eigenvalue weighted by atomic mass is 10.2. The molecule has 1 heterocycles. The van der Waals surface area contributed by atoms with Gasteiger partial charge in [-0.05, 0) is 18.9 Å². The van der Waals surface area contributed by atoms with Crippen LogP contribution in [0.2, 0.25) is 0 Å². The summed E-state index contributed by atoms with van der Waals surface area (Å²) in [7, 11) is 0. The molecule has 1 aromatic heterocycles. The molecule has 4 nitrogen and oxygen atoms in total. The first-order valence-electron chi connectivity index (χ1n) is 3.95. The molecule has 2 rings (SSSR count). The molecular weight excluding hydrogens is 156 g/mol. The van der Waals surface area contributed by atoms with Crippen molar-refractivity contribution in [3.05, 3.63) is 18.5 Å². The van der Waals surface area contributed by atoms with Crippen molar-refractivity contribution in [3.63, 3.8) is 0 Å². The van der Waals surface area contributed by atoms with Crippen LogP contribution in [0.15, 0.2) is 18.5 Å². The fourth-order valence-corrected chi connectivity index (χ4v) is 1.46. The summed E-state index contributed by atoms with van der Waals surface area (Å²) >= 11 is 0. The Morgan fingerprint density at radius 1 is 1.67 bits per heavy atom. The van der Waals surface area contributed by atoms with Gasteiger partial charge < -0.3 is 5.11 Å². The van der Waals surface area contributed by atoms with Gasteiger partial charge in [0, 0.05) is 12.4 Å². The van der Waals surface area contributed by atoms with Crippen LogP contribution in [0.25, 0.3) is 0 Å². The molecule has 1 aliphatic rings. The highest BCUT2D eigenvalue weighted by molar-refractivity contribution is 5.68. The smallest absolute Gasteiger partial charge is 0.305 e. The van der Waals surface area contributed by atoms with Gasteiger partial charge in [0.05, 0.1) is 12.0 Å². The lowest BCUT2D eigenvalue weighted by molar-refractivity contribution is -0.138. The maximum absolute atomic E-state index is 10.5. The van der Waals surface area contributed by atoms with E-state index in [-0.39, 0.29) is 12.0 Å². The molecule has 0 spiro atoms. The number of nitrogens with zero attached hydrogens (tertiary/aromatic N) is 2. The zero-order chi connectivity index (χ0) is 8.60. The molecule has 12 heavy (non-hydrogen) atoms. The maximum Gasteiger partial charge on any atom is 0.305 e. The monoisotopic (exact) mass is 166 g/mol. The van der Waals surface area contributed by atoms with Gasteiger partial charge in [-0.2, -0.15) is 5.10 Å². The average Bonchev–Trinajstić information content (AvgIpc) is 2.61. The van der Waals surface area contributed by atoms with Gasteiger partial charge in [-0.15, -0.1) is 0 Å². The first-order valence-corrected chi connectivity index (χ1v) is 3.95. The summed E-state index contributed by atoms with van der Waals surface area (Å²) in [6.45, 7) is 0. The molecule has 1 fully saturated rings. The molecule has 0 bridgehead atoms. The Labute approximate surface area is 69.8 Å². The molecule has 0 atom stereocenters. The Hall–Kier alpha value is -1.32. The fraction of sp³-hybridized carbons (Fsp3) is 0.500. The van der Waals surface area contributed by atoms with Crippen LogP contribution in [-0.2, 0) is 10.3 Å². The van der Waals surface area contributed by atoms with E-state index in [4.69, 9.17) is 5.11 Å². The third-order valence-corrected chi connectivity index (χ3v) is 2.30. The number of hydrogen-bond donors (Lipinski definition) is 1. The van der Waals surface area contributed by atoms with Crippen molar-refractivity contribution in [1.82, 2.24) is 9.78 Å². The van der Waals surface area contributed by atoms with Crippen LogP contribution < -0.4 is 0 Å². The predicted molar refractivity (Wildman–Crippen MR) is 41.7 cm³/mol. The Balaban J connectivity index is 2.17. The molecule has 0 unspecified atom stereocenters. The van der Waals surface area contributed by atoms with E-state index in [1.165, 1.54) is 0 Å². The minimum Gasteiger partial charge on any atom is -0.481 e. The van der Waals surface area contributed by atoms with Crippen LogP contribution in [-0.4, -0.2) is 20.9 Å². The Kier molecular flexibility index (Phi) is 1.43. The third kappa shape index (κ3) is 1.09. The van der Waals surface area contributed by atoms with Crippen molar-refractivity contribution in [2.24, 2.45) is 0 Å². The normalized spacial score (nSPS) is 19.0. The quantitative estimate of drug-likeness (QED) is 0.724. The second-order valence-electron chi connectivity index (χ2n) is 3.25. The van der Waals surface area contributed by atoms with E-state index in [2.05, 4.69) is 5.10 Å². The van der Waals surface area contributed by atoms with Crippen LogP contribution in [0.4, 0.5) is 0 Å². The molecule has 0 aromatic carbocycles. The molecule has 0 saturated heterocycles. The largest absolute Gasteiger partial charge is 0.481 e. The number of carbonyl (C=O) groups is 1. The van der Waals surface area contributed by atoms with Gasteiger partial charge in [0.15, 0.2) is 0 Å². The lowest BCUT2D eigenvalue weighted by Gasteiger charge is -2.12. The average molecular weight is 166 g/mol. The summed E-state index contributed by atoms with van der Waals surface area (Å²) in [5.41, 5.74) is -0.199. The molecule has 0 radical (unpaired) electrons. The summed E-state index contributed by atoms with van der Waals surface area (Å²) < 4.78 is 1.76. The highest BCUT2D eigenvalue weighted by Gasteiger charge is 2.46. The van der Waals surface area contributed by atoms with E-state index in [9.17, 15) is 4.79 Å². The van der Waals surface area contributed by atoms with Crippen LogP contribution >= 0.6 is 0 Å². The van der Waals surface area contributed by atoms with Crippen LogP contribution in [0, 0.1) is 0 Å². The lowest BCUT2D eigenvalue weighted by Crippen LogP contribution is -2.21. The zero-order valence-corrected chi connectivity index (χ0v) is 6.60. The van der Waals surface area contributed by atoms with Crippen molar-refractivity contribution in [2.75, 3.05) is 0 Å². The van der Waals surface area contributed by atoms with Crippen molar-refractivity contribution in [3.8, 4) is 0 Å². The molecule has 1 aromatic rings. The van der Waals surface area contributed by atoms with E-state index >= 15 is 0 Å². The Bertz CT molecular complexity index is 288. The van der Waals surface area contributed by atoms with Crippen molar-refractivity contribution in [1.29, 1.82) is 0 Å². The number of aliphatic carboxylic acids is 1. The van der Waals surface area contributed by atoms with Gasteiger partial charge in [0.1, 0.15) is 0 Å². The van der Waals surface area contributed by atoms with E-state index in [1.54, 1.807) is 10.9 Å². The highest BCUT2D eigenvalue weighted by Crippen LogP contribution is 2.45. The Morgan fingerprint density at radius 3 is 2.83 bits per heavy atom. The van der Waals surface area contributed by atoms with E-state index in [0.29, 0.717) is 0 Å². The van der Waals surface area contributed by atoms with Gasteiger partial charge in [-0.25, -0.2) is 0 Å². The molecule has 0 aliphatic heterocycles. The zero-order valence-electron chi connectivity index (χ0n) is 6.60. The maximum atomic E-state index is 10.5. The van der Waals surface area contributed by atoms with E-state index in [0.717, 1.165) is 12.8 Å². The highest BCUT2D eigenvalue weighted by atomic mass is 16.4. The fourth-order valence-electron chi connectivity index (χ4n) is 1.46. The SMILES string of the molecule is O=C(O)CC1(n2cccn2)CC1. The summed E-state index contributed by atoms with van der Waals surface area (Å²) in [4.78, 5) is 10.5. The minimum absolute atomic E-state index is 0.189. The number of aromatic nitrogens is 2. The van der Waals surface area contributed by atoms with Crippen LogP contribution in [0.3, 0.4) is 0 Å². The summed E-state index contributed by atoms with van der Waals surface area (Å²) in [5, 5.41) is 12.7. The molecule has 1 N–H and O–H groups in total. The number of carboxylic acids is 1. The predicted octanol–water partition coefficient (Wildman–Crippen LogP) is 0.847. The van der Waals surface area contributed by atoms with Crippen LogP contribution in [0.5, 0.6) is 0 Å². The first kappa shape index (κ1) is 7.34. The number of rotatable bonds is 3. The van der Waals surface area contributed by atoms with Gasteiger partial charge >= 0.3 is 5.97 Å². The Morgan fingerprint density at radius 2 is 2.42 bits per heavy atom. The van der Waals surface area contributed by atoms with E-state index < -0.39 is 5.97 Å². The molecule has 1 aliphatic carbocycles. The second-order valence-corrected chi connectivity index (χ2v) is 3.25. The van der Waals surface area contributed by atoms with Crippen molar-refractivity contribution < 1.29 is 9.90 Å². The number of hydrogen-bond acceptors (Lipinski definition) is 2. The number of carboxylic acid groups (broad SMARTS) is 1. The molecular formula is C8H10N2O2. The third-order valence-electron chi connectivity index (χ3n) is 2.30. The molecule has 1 saturated carbocycles. The second kappa shape index (κ2) is 2.33. The van der Waals surface area contributed by atoms with Gasteiger partial charge in [-0.3, -0.25) is 9.48 Å². The summed E-state index contributed by atoms with van der Waals surface area (Å²) in [6, 6.07) is 1.82. The topological polar surface area (TPSA) is 55.1 Å². The van der Waals surface area contributed by atoms with E-state index in [1.807, 2.05) is 12.3 Å². The molecule has 4 heteroatoms. The first-order chi connectivity index (χ1) is 5.73. The van der Waals surface area contributed by atoms with Gasteiger partial charge in [0.2, 0.25) is 0 Å². The van der Waals surface area contributed by atoms with Gasteiger partial charge in [0.25, 0.3) is 0 Å². The van der Waals surface area contributed by atoms with Crippen LogP contribution in [0.1, 0.15) is 19.3 Å². The minimum atomic E-state index is -0.747. The summed E-state index contributed by atoms with van der Waals surface area (Å²) in [6.07, 6.45) is 5.56. The summed E-state index contributed by atoms with van der Waals surface area (Å²) in [5.74, 6) is -0.747. The standard InChI is InChI=1S/C8H10N2O2/c11-7(12)6-8(2-3-8)10-5-1-4-9-10/h1,4-5H,2-3,6H2,(H,11,12). The van der Waals surface area contributed by atoms with Gasteiger partial charge in [-0.1, -0.05) is 0 Å². The molecule has 0 amide bonds. The molecule has 64 valence electrons.